The van der Waals surface area contributed by atoms with Gasteiger partial charge < -0.3 is 15.2 Å². The van der Waals surface area contributed by atoms with Crippen molar-refractivity contribution in [3.63, 3.8) is 0 Å². The molecule has 3 rings (SSSR count). The topological polar surface area (TPSA) is 106 Å². The molecule has 188 valence electrons. The maximum atomic E-state index is 12.7. The molecule has 1 aromatic heterocycles. The van der Waals surface area contributed by atoms with E-state index in [9.17, 15) is 18.3 Å². The molecule has 0 aromatic carbocycles. The molecule has 1 aromatic rings. The molecule has 33 heavy (non-hydrogen) atoms. The third kappa shape index (κ3) is 5.16. The third-order valence-electron chi connectivity index (χ3n) is 7.87. The maximum absolute atomic E-state index is 12.7. The number of amides is 1. The number of hydrogen-bond donors (Lipinski definition) is 2. The number of nitrogens with one attached hydrogen (secondary N) is 1. The van der Waals surface area contributed by atoms with Gasteiger partial charge in [0.2, 0.25) is 5.91 Å². The van der Waals surface area contributed by atoms with Crippen molar-refractivity contribution in [1.29, 1.82) is 0 Å². The summed E-state index contributed by atoms with van der Waals surface area (Å²) in [4.78, 5) is 18.6. The van der Waals surface area contributed by atoms with E-state index in [4.69, 9.17) is 9.72 Å². The van der Waals surface area contributed by atoms with Gasteiger partial charge in [-0.3, -0.25) is 4.79 Å². The number of aliphatic hydroxyl groups excluding tert-OH is 1. The summed E-state index contributed by atoms with van der Waals surface area (Å²) >= 11 is 1.51. The Kier molecular flexibility index (Phi) is 7.69. The molecule has 2 aliphatic rings. The van der Waals surface area contributed by atoms with Gasteiger partial charge >= 0.3 is 0 Å². The molecule has 2 aliphatic carbocycles. The number of methoxy groups -OCH3 is 1. The number of fused-ring (bicyclic) bond motifs is 2. The average molecular weight is 501 g/mol. The van der Waals surface area contributed by atoms with E-state index >= 15 is 0 Å². The SMILES string of the molecule is COCCNC(=O)[C@@H](C)[C@@H]1CC[C@]2(C)Cc3sc(CS(=O)(=O)C(C)(C)C)nc3[C@H](C)[C@@H]2[C@H]1O. The number of nitrogens with zero attached hydrogens (tertiary/aromatic N) is 1. The summed E-state index contributed by atoms with van der Waals surface area (Å²) in [6.07, 6.45) is 1.90. The Morgan fingerprint density at radius 2 is 2.06 bits per heavy atom. The lowest BCUT2D eigenvalue weighted by Gasteiger charge is -2.53. The maximum Gasteiger partial charge on any atom is 0.223 e. The normalized spacial score (nSPS) is 30.9. The molecule has 9 heteroatoms. The van der Waals surface area contributed by atoms with Crippen LogP contribution in [0.25, 0.3) is 0 Å². The van der Waals surface area contributed by atoms with Crippen LogP contribution in [0.2, 0.25) is 0 Å². The van der Waals surface area contributed by atoms with Crippen LogP contribution in [0.1, 0.15) is 75.9 Å². The second-order valence-electron chi connectivity index (χ2n) is 11.2. The van der Waals surface area contributed by atoms with E-state index in [2.05, 4.69) is 19.2 Å². The van der Waals surface area contributed by atoms with Gasteiger partial charge in [-0.2, -0.15) is 0 Å². The lowest BCUT2D eigenvalue weighted by Crippen LogP contribution is -2.53. The second kappa shape index (κ2) is 9.55. The van der Waals surface area contributed by atoms with Crippen LogP contribution in [0, 0.1) is 23.2 Å². The monoisotopic (exact) mass is 500 g/mol. The first-order valence-electron chi connectivity index (χ1n) is 11.9. The second-order valence-corrected chi connectivity index (χ2v) is 15.1. The van der Waals surface area contributed by atoms with Gasteiger partial charge in [-0.15, -0.1) is 11.3 Å². The van der Waals surface area contributed by atoms with Gasteiger partial charge in [0.1, 0.15) is 10.8 Å². The fourth-order valence-corrected chi connectivity index (χ4v) is 8.36. The first-order valence-corrected chi connectivity index (χ1v) is 14.3. The van der Waals surface area contributed by atoms with Crippen molar-refractivity contribution in [3.8, 4) is 0 Å². The van der Waals surface area contributed by atoms with Gasteiger partial charge in [-0.1, -0.05) is 20.8 Å². The summed E-state index contributed by atoms with van der Waals surface area (Å²) in [5.41, 5.74) is 0.833. The molecule has 6 atom stereocenters. The van der Waals surface area contributed by atoms with Crippen molar-refractivity contribution >= 4 is 27.1 Å². The van der Waals surface area contributed by atoms with Gasteiger partial charge in [0.25, 0.3) is 0 Å². The molecule has 1 heterocycles. The highest BCUT2D eigenvalue weighted by Gasteiger charge is 2.54. The summed E-state index contributed by atoms with van der Waals surface area (Å²) < 4.78 is 29.7. The lowest BCUT2D eigenvalue weighted by atomic mass is 9.53. The Hall–Kier alpha value is -1.03. The lowest BCUT2D eigenvalue weighted by molar-refractivity contribution is -0.135. The predicted molar refractivity (Wildman–Crippen MR) is 131 cm³/mol. The van der Waals surface area contributed by atoms with E-state index in [1.165, 1.54) is 11.3 Å². The molecule has 0 radical (unpaired) electrons. The van der Waals surface area contributed by atoms with Crippen LogP contribution in [0.4, 0.5) is 0 Å². The van der Waals surface area contributed by atoms with Crippen molar-refractivity contribution < 1.29 is 23.1 Å². The first-order chi connectivity index (χ1) is 15.2. The number of ether oxygens (including phenoxy) is 1. The highest BCUT2D eigenvalue weighted by Crippen LogP contribution is 2.57. The minimum absolute atomic E-state index is 0.00245. The molecular formula is C24H40N2O5S2. The van der Waals surface area contributed by atoms with E-state index in [1.54, 1.807) is 27.9 Å². The summed E-state index contributed by atoms with van der Waals surface area (Å²) in [5.74, 6) is -0.527. The summed E-state index contributed by atoms with van der Waals surface area (Å²) in [6.45, 7) is 12.3. The summed E-state index contributed by atoms with van der Waals surface area (Å²) in [5, 5.41) is 15.0. The Bertz CT molecular complexity index is 968. The number of hydrogen-bond acceptors (Lipinski definition) is 7. The van der Waals surface area contributed by atoms with Gasteiger partial charge in [-0.25, -0.2) is 13.4 Å². The Morgan fingerprint density at radius 3 is 2.67 bits per heavy atom. The van der Waals surface area contributed by atoms with Crippen LogP contribution >= 0.6 is 11.3 Å². The van der Waals surface area contributed by atoms with Gasteiger partial charge in [-0.05, 0) is 57.3 Å². The van der Waals surface area contributed by atoms with Crippen LogP contribution in [0.5, 0.6) is 0 Å². The van der Waals surface area contributed by atoms with Crippen LogP contribution in [-0.4, -0.2) is 55.5 Å². The third-order valence-corrected chi connectivity index (χ3v) is 11.6. The molecule has 1 saturated carbocycles. The Balaban J connectivity index is 1.82. The van der Waals surface area contributed by atoms with E-state index in [0.29, 0.717) is 18.2 Å². The van der Waals surface area contributed by atoms with Crippen LogP contribution in [0.15, 0.2) is 0 Å². The number of carbonyl (C=O) groups is 1. The summed E-state index contributed by atoms with van der Waals surface area (Å²) in [6, 6.07) is 0. The average Bonchev–Trinajstić information content (AvgIpc) is 3.08. The molecule has 0 spiro atoms. The molecule has 1 fully saturated rings. The van der Waals surface area contributed by atoms with Crippen LogP contribution in [0.3, 0.4) is 0 Å². The smallest absolute Gasteiger partial charge is 0.223 e. The predicted octanol–water partition coefficient (Wildman–Crippen LogP) is 3.31. The van der Waals surface area contributed by atoms with Gasteiger partial charge in [0, 0.05) is 30.4 Å². The van der Waals surface area contributed by atoms with Crippen molar-refractivity contribution in [2.75, 3.05) is 20.3 Å². The molecule has 0 unspecified atom stereocenters. The van der Waals surface area contributed by atoms with E-state index in [0.717, 1.165) is 29.8 Å². The first kappa shape index (κ1) is 26.6. The molecule has 2 N–H and O–H groups in total. The fraction of sp³-hybridized carbons (Fsp3) is 0.833. The van der Waals surface area contributed by atoms with Crippen LogP contribution < -0.4 is 5.32 Å². The minimum atomic E-state index is -3.31. The number of aromatic nitrogens is 1. The van der Waals surface area contributed by atoms with E-state index < -0.39 is 20.7 Å². The van der Waals surface area contributed by atoms with Crippen molar-refractivity contribution in [2.24, 2.45) is 23.2 Å². The number of carbonyl (C=O) groups excluding carboxylic acids is 1. The summed E-state index contributed by atoms with van der Waals surface area (Å²) in [7, 11) is -1.71. The van der Waals surface area contributed by atoms with Crippen LogP contribution in [-0.2, 0) is 31.5 Å². The van der Waals surface area contributed by atoms with Crippen molar-refractivity contribution in [3.05, 3.63) is 15.6 Å². The minimum Gasteiger partial charge on any atom is -0.392 e. The zero-order valence-electron chi connectivity index (χ0n) is 21.0. The molecular weight excluding hydrogens is 460 g/mol. The standard InChI is InChI=1S/C24H40N2O5S2/c1-14(22(28)25-10-11-31-7)16-8-9-24(6)12-17-20(15(2)19(24)21(16)27)26-18(32-17)13-33(29,30)23(3,4)5/h14-16,19,21,27H,8-13H2,1-7H3,(H,25,28)/t14-,15+,16-,19+,21-,24+/m0/s1. The highest BCUT2D eigenvalue weighted by atomic mass is 32.2. The largest absolute Gasteiger partial charge is 0.392 e. The molecule has 0 bridgehead atoms. The number of aliphatic hydroxyl groups is 1. The zero-order chi connectivity index (χ0) is 24.8. The highest BCUT2D eigenvalue weighted by molar-refractivity contribution is 7.92. The Labute approximate surface area is 202 Å². The number of sulfone groups is 1. The molecule has 0 saturated heterocycles. The van der Waals surface area contributed by atoms with Crippen molar-refractivity contribution in [2.45, 2.75) is 83.3 Å². The quantitative estimate of drug-likeness (QED) is 0.557. The fourth-order valence-electron chi connectivity index (χ4n) is 5.67. The Morgan fingerprint density at radius 1 is 1.39 bits per heavy atom. The molecule has 7 nitrogen and oxygen atoms in total. The number of thiazole rings is 1. The number of rotatable bonds is 7. The van der Waals surface area contributed by atoms with Crippen molar-refractivity contribution in [1.82, 2.24) is 10.3 Å². The van der Waals surface area contributed by atoms with Gasteiger partial charge in [0.05, 0.1) is 23.2 Å². The van der Waals surface area contributed by atoms with E-state index in [-0.39, 0.29) is 40.7 Å². The molecule has 0 aliphatic heterocycles. The van der Waals surface area contributed by atoms with Gasteiger partial charge in [0.15, 0.2) is 9.84 Å². The zero-order valence-corrected chi connectivity index (χ0v) is 22.6. The molecule has 1 amide bonds. The van der Waals surface area contributed by atoms with E-state index in [1.807, 2.05) is 6.92 Å².